The second-order valence-electron chi connectivity index (χ2n) is 8.25. The maximum absolute atomic E-state index is 14.2. The molecule has 1 heterocycles. The first-order chi connectivity index (χ1) is 16.2. The van der Waals surface area contributed by atoms with Gasteiger partial charge in [0.15, 0.2) is 0 Å². The van der Waals surface area contributed by atoms with Crippen molar-refractivity contribution in [2.24, 2.45) is 0 Å². The molecule has 1 aromatic carbocycles. The van der Waals surface area contributed by atoms with E-state index in [2.05, 4.69) is 19.5 Å². The summed E-state index contributed by atoms with van der Waals surface area (Å²) in [7, 11) is 5.68. The number of hydrogen-bond donors (Lipinski definition) is 3. The SMILES string of the molecule is CC(Cc1ccc(N(C)C(=O)N(C)/C=C\C=C2CC2)nc1)NC(=O)c1cc(P)c(NO)cc1F. The van der Waals surface area contributed by atoms with Crippen molar-refractivity contribution in [2.75, 3.05) is 24.5 Å². The molecule has 2 unspecified atom stereocenters. The van der Waals surface area contributed by atoms with Crippen molar-refractivity contribution < 1.29 is 19.2 Å². The van der Waals surface area contributed by atoms with Gasteiger partial charge in [-0.05, 0) is 55.3 Å². The van der Waals surface area contributed by atoms with E-state index in [1.54, 1.807) is 32.6 Å². The highest BCUT2D eigenvalue weighted by Crippen LogP contribution is 2.27. The molecule has 3 amide bonds. The van der Waals surface area contributed by atoms with Crippen molar-refractivity contribution in [1.29, 1.82) is 0 Å². The molecule has 2 atom stereocenters. The minimum atomic E-state index is -0.741. The summed E-state index contributed by atoms with van der Waals surface area (Å²) in [5.74, 6) is -0.796. The Labute approximate surface area is 200 Å². The molecule has 0 radical (unpaired) electrons. The number of nitrogens with zero attached hydrogens (tertiary/aromatic N) is 3. The predicted octanol–water partition coefficient (Wildman–Crippen LogP) is 3.61. The number of carbonyl (C=O) groups is 2. The Bertz CT molecular complexity index is 1110. The number of anilines is 2. The van der Waals surface area contributed by atoms with Gasteiger partial charge in [-0.2, -0.15) is 0 Å². The van der Waals surface area contributed by atoms with Crippen molar-refractivity contribution in [3.63, 3.8) is 0 Å². The summed E-state index contributed by atoms with van der Waals surface area (Å²) in [6.45, 7) is 1.81. The van der Waals surface area contributed by atoms with Gasteiger partial charge in [0.05, 0.1) is 11.3 Å². The Morgan fingerprint density at radius 2 is 2.03 bits per heavy atom. The molecule has 1 saturated carbocycles. The van der Waals surface area contributed by atoms with Crippen LogP contribution >= 0.6 is 9.24 Å². The summed E-state index contributed by atoms with van der Waals surface area (Å²) in [5.41, 5.74) is 4.17. The molecular weight excluding hydrogens is 456 g/mol. The van der Waals surface area contributed by atoms with Crippen molar-refractivity contribution in [3.05, 3.63) is 71.3 Å². The zero-order valence-corrected chi connectivity index (χ0v) is 20.5. The molecule has 3 rings (SSSR count). The third-order valence-corrected chi connectivity index (χ3v) is 5.82. The fourth-order valence-electron chi connectivity index (χ4n) is 3.25. The Kier molecular flexibility index (Phi) is 8.36. The monoisotopic (exact) mass is 485 g/mol. The molecule has 1 aliphatic rings. The zero-order valence-electron chi connectivity index (χ0n) is 19.4. The van der Waals surface area contributed by atoms with E-state index in [0.717, 1.165) is 24.5 Å². The number of rotatable bonds is 8. The van der Waals surface area contributed by atoms with Crippen molar-refractivity contribution in [3.8, 4) is 0 Å². The summed E-state index contributed by atoms with van der Waals surface area (Å²) in [4.78, 5) is 32.4. The van der Waals surface area contributed by atoms with E-state index in [4.69, 9.17) is 5.21 Å². The summed E-state index contributed by atoms with van der Waals surface area (Å²) < 4.78 is 14.2. The number of hydrogen-bond acceptors (Lipinski definition) is 5. The summed E-state index contributed by atoms with van der Waals surface area (Å²) in [5, 5.41) is 12.2. The molecule has 8 nitrogen and oxygen atoms in total. The summed E-state index contributed by atoms with van der Waals surface area (Å²) >= 11 is 0. The Morgan fingerprint density at radius 3 is 2.65 bits per heavy atom. The molecule has 2 aromatic rings. The molecule has 3 N–H and O–H groups in total. The van der Waals surface area contributed by atoms with Crippen LogP contribution in [0.15, 0.2) is 54.4 Å². The van der Waals surface area contributed by atoms with Gasteiger partial charge in [0.1, 0.15) is 11.6 Å². The zero-order chi connectivity index (χ0) is 24.8. The predicted molar refractivity (Wildman–Crippen MR) is 134 cm³/mol. The third-order valence-electron chi connectivity index (χ3n) is 5.35. The Hall–Kier alpha value is -3.29. The van der Waals surface area contributed by atoms with Crippen molar-refractivity contribution in [2.45, 2.75) is 32.2 Å². The highest BCUT2D eigenvalue weighted by molar-refractivity contribution is 7.28. The van der Waals surface area contributed by atoms with Gasteiger partial charge in [-0.3, -0.25) is 20.4 Å². The lowest BCUT2D eigenvalue weighted by atomic mass is 10.1. The first-order valence-corrected chi connectivity index (χ1v) is 11.4. The van der Waals surface area contributed by atoms with Gasteiger partial charge in [0.25, 0.3) is 5.91 Å². The number of halogens is 1. The lowest BCUT2D eigenvalue weighted by Gasteiger charge is -2.22. The third kappa shape index (κ3) is 6.62. The number of amides is 3. The van der Waals surface area contributed by atoms with Crippen LogP contribution < -0.4 is 21.0 Å². The standard InChI is InChI=1S/C24H29FN5O3P/c1-15(27-23(31)18-12-21(34)20(28-33)13-19(18)25)11-17-8-9-22(26-14-17)30(3)24(32)29(2)10-4-5-16-6-7-16/h4-5,8-10,12-15,28,33H,6-7,11,34H2,1-3H3,(H,27,31)/b10-4-. The van der Waals surface area contributed by atoms with Gasteiger partial charge < -0.3 is 10.2 Å². The maximum Gasteiger partial charge on any atom is 0.329 e. The molecule has 34 heavy (non-hydrogen) atoms. The molecule has 180 valence electrons. The molecule has 1 aliphatic carbocycles. The van der Waals surface area contributed by atoms with Gasteiger partial charge in [0, 0.05) is 38.6 Å². The van der Waals surface area contributed by atoms with E-state index >= 15 is 0 Å². The Morgan fingerprint density at radius 1 is 1.29 bits per heavy atom. The van der Waals surface area contributed by atoms with Crippen LogP contribution in [0, 0.1) is 5.82 Å². The molecule has 0 bridgehead atoms. The van der Waals surface area contributed by atoms with E-state index in [1.165, 1.54) is 21.4 Å². The molecule has 0 saturated heterocycles. The van der Waals surface area contributed by atoms with Crippen molar-refractivity contribution in [1.82, 2.24) is 15.2 Å². The van der Waals surface area contributed by atoms with Crippen LogP contribution in [-0.4, -0.2) is 47.2 Å². The van der Waals surface area contributed by atoms with Crippen LogP contribution in [-0.2, 0) is 6.42 Å². The van der Waals surface area contributed by atoms with E-state index in [1.807, 2.05) is 30.6 Å². The second-order valence-corrected chi connectivity index (χ2v) is 8.88. The molecule has 1 aromatic heterocycles. The summed E-state index contributed by atoms with van der Waals surface area (Å²) in [6.07, 6.45) is 9.99. The fraction of sp³-hybridized carbons (Fsp3) is 0.292. The van der Waals surface area contributed by atoms with E-state index in [-0.39, 0.29) is 23.3 Å². The van der Waals surface area contributed by atoms with Gasteiger partial charge >= 0.3 is 6.03 Å². The number of urea groups is 1. The molecular formula is C24H29FN5O3P. The van der Waals surface area contributed by atoms with Crippen LogP contribution in [0.3, 0.4) is 0 Å². The number of aromatic nitrogens is 1. The average molecular weight is 486 g/mol. The lowest BCUT2D eigenvalue weighted by Crippen LogP contribution is -2.36. The molecule has 0 spiro atoms. The first kappa shape index (κ1) is 25.3. The van der Waals surface area contributed by atoms with Crippen LogP contribution in [0.4, 0.5) is 20.7 Å². The lowest BCUT2D eigenvalue weighted by molar-refractivity contribution is 0.0936. The van der Waals surface area contributed by atoms with Gasteiger partial charge in [0.2, 0.25) is 0 Å². The average Bonchev–Trinajstić information content (AvgIpc) is 3.64. The van der Waals surface area contributed by atoms with Gasteiger partial charge in [-0.25, -0.2) is 14.2 Å². The van der Waals surface area contributed by atoms with E-state index in [9.17, 15) is 14.0 Å². The Balaban J connectivity index is 1.56. The van der Waals surface area contributed by atoms with E-state index in [0.29, 0.717) is 17.5 Å². The minimum Gasteiger partial charge on any atom is -0.349 e. The highest BCUT2D eigenvalue weighted by atomic mass is 31.0. The van der Waals surface area contributed by atoms with Gasteiger partial charge in [-0.15, -0.1) is 9.24 Å². The fourth-order valence-corrected chi connectivity index (χ4v) is 3.56. The maximum atomic E-state index is 14.2. The quantitative estimate of drug-likeness (QED) is 0.392. The van der Waals surface area contributed by atoms with E-state index < -0.39 is 11.7 Å². The number of pyridine rings is 1. The molecule has 10 heteroatoms. The molecule has 1 fully saturated rings. The minimum absolute atomic E-state index is 0.115. The molecule has 0 aliphatic heterocycles. The smallest absolute Gasteiger partial charge is 0.329 e. The van der Waals surface area contributed by atoms with Crippen LogP contribution in [0.5, 0.6) is 0 Å². The van der Waals surface area contributed by atoms with Crippen LogP contribution in [0.2, 0.25) is 0 Å². The topological polar surface area (TPSA) is 97.8 Å². The van der Waals surface area contributed by atoms with Crippen LogP contribution in [0.25, 0.3) is 0 Å². The van der Waals surface area contributed by atoms with Crippen LogP contribution in [0.1, 0.15) is 35.7 Å². The largest absolute Gasteiger partial charge is 0.349 e. The summed E-state index contributed by atoms with van der Waals surface area (Å²) in [6, 6.07) is 5.47. The number of carbonyl (C=O) groups excluding carboxylic acids is 2. The van der Waals surface area contributed by atoms with Gasteiger partial charge in [-0.1, -0.05) is 17.7 Å². The number of nitrogens with one attached hydrogen (secondary N) is 2. The normalized spacial score (nSPS) is 13.4. The highest BCUT2D eigenvalue weighted by Gasteiger charge is 2.18. The number of allylic oxidation sites excluding steroid dienone is 3. The number of benzene rings is 1. The first-order valence-electron chi connectivity index (χ1n) is 10.8. The second kappa shape index (κ2) is 11.2. The van der Waals surface area contributed by atoms with Crippen molar-refractivity contribution >= 4 is 38.0 Å².